The Hall–Kier alpha value is -0.400. The molecular formula is C12H22O10. The van der Waals surface area contributed by atoms with Crippen molar-refractivity contribution in [2.24, 2.45) is 0 Å². The van der Waals surface area contributed by atoms with Crippen LogP contribution in [-0.4, -0.2) is 97.3 Å². The van der Waals surface area contributed by atoms with Crippen molar-refractivity contribution in [3.8, 4) is 0 Å². The topological polar surface area (TPSA) is 169 Å². The fraction of sp³-hybridized carbons (Fsp3) is 1.00. The Morgan fingerprint density at radius 3 is 2.09 bits per heavy atom. The first-order valence-corrected chi connectivity index (χ1v) is 6.99. The molecule has 0 aromatic rings. The number of ether oxygens (including phenoxy) is 3. The number of rotatable bonds is 4. The Morgan fingerprint density at radius 2 is 1.59 bits per heavy atom. The summed E-state index contributed by atoms with van der Waals surface area (Å²) in [5.74, 6) is -2.74. The van der Waals surface area contributed by atoms with Crippen LogP contribution in [0.25, 0.3) is 0 Å². The predicted molar refractivity (Wildman–Crippen MR) is 67.0 cm³/mol. The molecule has 0 aromatic heterocycles. The highest BCUT2D eigenvalue weighted by Gasteiger charge is 2.58. The lowest BCUT2D eigenvalue weighted by Crippen LogP contribution is -2.61. The van der Waals surface area contributed by atoms with E-state index in [9.17, 15) is 30.6 Å². The van der Waals surface area contributed by atoms with Gasteiger partial charge in [-0.3, -0.25) is 4.74 Å². The van der Waals surface area contributed by atoms with Gasteiger partial charge in [-0.15, -0.1) is 0 Å². The number of aliphatic hydroxyl groups excluding tert-OH is 6. The highest BCUT2D eigenvalue weighted by molar-refractivity contribution is 4.93. The van der Waals surface area contributed by atoms with E-state index in [1.165, 1.54) is 0 Å². The maximum Gasteiger partial charge on any atom is 0.313 e. The molecule has 0 saturated carbocycles. The van der Waals surface area contributed by atoms with Crippen molar-refractivity contribution in [3.63, 3.8) is 0 Å². The second-order valence-corrected chi connectivity index (χ2v) is 5.45. The summed E-state index contributed by atoms with van der Waals surface area (Å²) in [5, 5.41) is 67.8. The van der Waals surface area contributed by atoms with E-state index >= 15 is 0 Å². The van der Waals surface area contributed by atoms with Crippen LogP contribution in [0, 0.1) is 0 Å². The molecule has 10 nitrogen and oxygen atoms in total. The molecule has 2 rings (SSSR count). The molecule has 2 heterocycles. The first-order chi connectivity index (χ1) is 10.2. The monoisotopic (exact) mass is 326 g/mol. The summed E-state index contributed by atoms with van der Waals surface area (Å²) in [6.45, 7) is 0.980. The molecular weight excluding hydrogens is 304 g/mol. The van der Waals surface area contributed by atoms with Crippen LogP contribution in [0.15, 0.2) is 0 Å². The molecule has 2 fully saturated rings. The number of hydrogen-bond acceptors (Lipinski definition) is 10. The quantitative estimate of drug-likeness (QED) is 0.253. The summed E-state index contributed by atoms with van der Waals surface area (Å²) in [4.78, 5) is 0. The van der Waals surface area contributed by atoms with E-state index in [-0.39, 0.29) is 6.42 Å². The first kappa shape index (κ1) is 17.9. The lowest BCUT2D eigenvalue weighted by Gasteiger charge is -2.42. The molecule has 0 aromatic carbocycles. The van der Waals surface area contributed by atoms with Gasteiger partial charge in [-0.25, -0.2) is 0 Å². The first-order valence-electron chi connectivity index (χ1n) is 6.99. The highest BCUT2D eigenvalue weighted by Crippen LogP contribution is 2.34. The molecule has 22 heavy (non-hydrogen) atoms. The van der Waals surface area contributed by atoms with Crippen LogP contribution in [-0.2, 0) is 14.2 Å². The normalized spacial score (nSPS) is 52.9. The summed E-state index contributed by atoms with van der Waals surface area (Å²) in [6, 6.07) is 0. The Bertz CT molecular complexity index is 379. The largest absolute Gasteiger partial charge is 0.394 e. The van der Waals surface area contributed by atoms with Crippen molar-refractivity contribution in [2.75, 3.05) is 6.61 Å². The third-order valence-electron chi connectivity index (χ3n) is 3.93. The van der Waals surface area contributed by atoms with E-state index in [0.717, 1.165) is 0 Å². The lowest BCUT2D eigenvalue weighted by molar-refractivity contribution is -0.441. The van der Waals surface area contributed by atoms with Crippen LogP contribution in [0.1, 0.15) is 13.3 Å². The standard InChI is InChI=1S/C12H22O10/c1-2-4-6(14)8(16)9(17)11(20-4)22-12(19)10(18)7(15)5(3-13)21-12/h4-11,13-19H,2-3H2,1H3/t4-,5-,6?,7-,8+,9-,10+,11?,12-/m1/s1. The second kappa shape index (κ2) is 6.61. The van der Waals surface area contributed by atoms with Gasteiger partial charge in [-0.1, -0.05) is 6.92 Å². The fourth-order valence-corrected chi connectivity index (χ4v) is 2.54. The van der Waals surface area contributed by atoms with Crippen molar-refractivity contribution >= 4 is 0 Å². The fourth-order valence-electron chi connectivity index (χ4n) is 2.54. The van der Waals surface area contributed by atoms with Crippen LogP contribution in [0.5, 0.6) is 0 Å². The summed E-state index contributed by atoms with van der Waals surface area (Å²) in [7, 11) is 0. The summed E-state index contributed by atoms with van der Waals surface area (Å²) >= 11 is 0. The zero-order chi connectivity index (χ0) is 16.7. The van der Waals surface area contributed by atoms with Gasteiger partial charge < -0.3 is 45.2 Å². The maximum atomic E-state index is 10.1. The summed E-state index contributed by atoms with van der Waals surface area (Å²) in [6.07, 6.45) is -11.7. The molecule has 9 atom stereocenters. The molecule has 0 spiro atoms. The van der Waals surface area contributed by atoms with Gasteiger partial charge in [0.05, 0.1) is 12.7 Å². The molecule has 130 valence electrons. The third kappa shape index (κ3) is 2.99. The lowest BCUT2D eigenvalue weighted by atomic mass is 9.97. The Kier molecular flexibility index (Phi) is 5.39. The Balaban J connectivity index is 2.12. The molecule has 2 unspecified atom stereocenters. The summed E-state index contributed by atoms with van der Waals surface area (Å²) < 4.78 is 15.1. The van der Waals surface area contributed by atoms with E-state index in [1.807, 2.05) is 0 Å². The SMILES string of the molecule is CC[C@H]1OC(O[C@]2(O)O[C@H](CO)[C@@H](O)[C@@H]2O)[C@H](O)[C@@H](O)C1O. The second-order valence-electron chi connectivity index (χ2n) is 5.45. The van der Waals surface area contributed by atoms with Gasteiger partial charge in [0.2, 0.25) is 0 Å². The average molecular weight is 326 g/mol. The van der Waals surface area contributed by atoms with Crippen molar-refractivity contribution in [2.45, 2.75) is 68.3 Å². The van der Waals surface area contributed by atoms with E-state index < -0.39 is 61.6 Å². The molecule has 10 heteroatoms. The molecule has 0 amide bonds. The van der Waals surface area contributed by atoms with Gasteiger partial charge in [0, 0.05) is 0 Å². The van der Waals surface area contributed by atoms with E-state index in [0.29, 0.717) is 0 Å². The van der Waals surface area contributed by atoms with Crippen molar-refractivity contribution in [1.82, 2.24) is 0 Å². The van der Waals surface area contributed by atoms with Crippen LogP contribution in [0.4, 0.5) is 0 Å². The van der Waals surface area contributed by atoms with Crippen LogP contribution < -0.4 is 0 Å². The van der Waals surface area contributed by atoms with Crippen molar-refractivity contribution in [1.29, 1.82) is 0 Å². The third-order valence-corrected chi connectivity index (χ3v) is 3.93. The molecule has 7 N–H and O–H groups in total. The molecule has 0 bridgehead atoms. The smallest absolute Gasteiger partial charge is 0.313 e. The van der Waals surface area contributed by atoms with Crippen LogP contribution in [0.2, 0.25) is 0 Å². The minimum absolute atomic E-state index is 0.286. The Labute approximate surface area is 126 Å². The molecule has 2 saturated heterocycles. The van der Waals surface area contributed by atoms with Gasteiger partial charge in [0.1, 0.15) is 30.5 Å². The Morgan fingerprint density at radius 1 is 0.955 bits per heavy atom. The van der Waals surface area contributed by atoms with E-state index in [2.05, 4.69) is 0 Å². The van der Waals surface area contributed by atoms with Gasteiger partial charge in [0.25, 0.3) is 0 Å². The summed E-state index contributed by atoms with van der Waals surface area (Å²) in [5.41, 5.74) is 0. The van der Waals surface area contributed by atoms with Crippen molar-refractivity contribution in [3.05, 3.63) is 0 Å². The molecule has 0 aliphatic carbocycles. The highest BCUT2D eigenvalue weighted by atomic mass is 16.9. The molecule has 2 aliphatic rings. The van der Waals surface area contributed by atoms with Gasteiger partial charge in [-0.05, 0) is 6.42 Å². The minimum Gasteiger partial charge on any atom is -0.394 e. The molecule has 2 aliphatic heterocycles. The maximum absolute atomic E-state index is 10.1. The predicted octanol–water partition coefficient (Wildman–Crippen LogP) is -4.02. The number of hydrogen-bond donors (Lipinski definition) is 7. The minimum atomic E-state index is -2.74. The zero-order valence-electron chi connectivity index (χ0n) is 11.9. The van der Waals surface area contributed by atoms with Gasteiger partial charge in [0.15, 0.2) is 12.4 Å². The van der Waals surface area contributed by atoms with E-state index in [4.69, 9.17) is 19.3 Å². The average Bonchev–Trinajstić information content (AvgIpc) is 2.72. The zero-order valence-corrected chi connectivity index (χ0v) is 11.9. The van der Waals surface area contributed by atoms with Crippen molar-refractivity contribution < 1.29 is 50.0 Å². The van der Waals surface area contributed by atoms with Crippen LogP contribution in [0.3, 0.4) is 0 Å². The number of aliphatic hydroxyl groups is 7. The molecule has 0 radical (unpaired) electrons. The van der Waals surface area contributed by atoms with E-state index in [1.54, 1.807) is 6.92 Å². The van der Waals surface area contributed by atoms with Crippen LogP contribution >= 0.6 is 0 Å². The van der Waals surface area contributed by atoms with Gasteiger partial charge >= 0.3 is 5.97 Å². The van der Waals surface area contributed by atoms with Gasteiger partial charge in [-0.2, -0.15) is 0 Å².